The van der Waals surface area contributed by atoms with Gasteiger partial charge in [-0.05, 0) is 89.2 Å². The average Bonchev–Trinajstić information content (AvgIpc) is 3.48. The molecule has 1 saturated carbocycles. The van der Waals surface area contributed by atoms with E-state index < -0.39 is 0 Å². The summed E-state index contributed by atoms with van der Waals surface area (Å²) < 4.78 is 0. The molecule has 286 valence electrons. The third kappa shape index (κ3) is 17.9. The van der Waals surface area contributed by atoms with Crippen LogP contribution in [0.15, 0.2) is 49.1 Å². The van der Waals surface area contributed by atoms with Crippen molar-refractivity contribution >= 4 is 0 Å². The quantitative estimate of drug-likeness (QED) is 0.361. The third-order valence-corrected chi connectivity index (χ3v) is 9.80. The van der Waals surface area contributed by atoms with Gasteiger partial charge < -0.3 is 49.0 Å². The van der Waals surface area contributed by atoms with Crippen molar-refractivity contribution in [2.75, 3.05) is 26.2 Å². The van der Waals surface area contributed by atoms with Crippen molar-refractivity contribution in [2.45, 2.75) is 85.0 Å². The number of hydrogen-bond donors (Lipinski definition) is 0. The Kier molecular flexibility index (Phi) is 45.1. The normalized spacial score (nSPS) is 19.8. The van der Waals surface area contributed by atoms with Gasteiger partial charge in [-0.25, -0.2) is 0 Å². The van der Waals surface area contributed by atoms with Gasteiger partial charge in [0, 0.05) is 84.0 Å². The molecule has 11 nitrogen and oxygen atoms in total. The molecule has 15 heteroatoms. The Morgan fingerprint density at radius 3 is 1.68 bits per heavy atom. The van der Waals surface area contributed by atoms with E-state index in [2.05, 4.69) is 72.6 Å². The van der Waals surface area contributed by atoms with Crippen LogP contribution in [-0.4, -0.2) is 74.5 Å². The van der Waals surface area contributed by atoms with Gasteiger partial charge in [0.1, 0.15) is 0 Å². The Balaban J connectivity index is -0.0000000874. The molecule has 0 aromatic carbocycles. The van der Waals surface area contributed by atoms with E-state index in [9.17, 15) is 0 Å². The van der Waals surface area contributed by atoms with Crippen molar-refractivity contribution in [3.05, 3.63) is 70.8 Å². The van der Waals surface area contributed by atoms with E-state index in [0.717, 1.165) is 44.4 Å². The number of aromatic nitrogens is 2. The molecule has 2 aromatic heterocycles. The number of rotatable bonds is 8. The van der Waals surface area contributed by atoms with Gasteiger partial charge in [0.05, 0.1) is 0 Å². The van der Waals surface area contributed by atoms with Gasteiger partial charge in [-0.3, -0.25) is 9.97 Å². The predicted molar refractivity (Wildman–Crippen MR) is 177 cm³/mol. The van der Waals surface area contributed by atoms with E-state index in [-0.39, 0.29) is 115 Å². The van der Waals surface area contributed by atoms with Crippen molar-refractivity contribution in [2.24, 2.45) is 28.6 Å². The molecule has 1 aliphatic carbocycles. The third-order valence-electron chi connectivity index (χ3n) is 9.80. The van der Waals surface area contributed by atoms with Gasteiger partial charge in [0.25, 0.3) is 0 Å². The van der Waals surface area contributed by atoms with E-state index >= 15 is 0 Å². The van der Waals surface area contributed by atoms with Gasteiger partial charge in [-0.15, -0.1) is 26.2 Å². The van der Waals surface area contributed by atoms with Crippen LogP contribution in [0.3, 0.4) is 0 Å². The Labute approximate surface area is 332 Å². The van der Waals surface area contributed by atoms with Crippen molar-refractivity contribution in [3.63, 3.8) is 0 Å². The molecular weight excluding hydrogens is 871 g/mol. The minimum atomic E-state index is 0. The molecule has 3 fully saturated rings. The van der Waals surface area contributed by atoms with Crippen LogP contribution >= 0.6 is 0 Å². The summed E-state index contributed by atoms with van der Waals surface area (Å²) in [7, 11) is 0. The number of nitrogens with zero attached hydrogens (tertiary/aromatic N) is 4. The standard InChI is InChI=1S/C16H28N2.C16H20N2.2Cu.2Mo.7H2O/c1-3-14(13-4-8-17-9-5-13)15(2)12-16(15)6-10-18-11-7-16;1-13(12-15-3-7-17-8-4-15)11-14(2)16-5-9-18-10-6-16;;;;;;;;;;;/h13-14H,3-12H2,1-2H3;3-10,13-14H,11-12H2,1-2H3;;;;;7*1H2/q-2;;;+2;;;;;;;;;. The molecule has 47 heavy (non-hydrogen) atoms. The summed E-state index contributed by atoms with van der Waals surface area (Å²) in [4.78, 5) is 8.12. The van der Waals surface area contributed by atoms with Crippen LogP contribution in [0.5, 0.6) is 0 Å². The van der Waals surface area contributed by atoms with Crippen LogP contribution in [0.2, 0.25) is 0 Å². The van der Waals surface area contributed by atoms with Crippen LogP contribution < -0.4 is 0 Å². The molecule has 2 aromatic rings. The second-order valence-corrected chi connectivity index (χ2v) is 12.2. The minimum absolute atomic E-state index is 0. The van der Waals surface area contributed by atoms with Crippen molar-refractivity contribution < 1.29 is 115 Å². The van der Waals surface area contributed by atoms with E-state index in [1.165, 1.54) is 56.1 Å². The monoisotopic (exact) mass is 936 g/mol. The number of piperidine rings is 2. The van der Waals surface area contributed by atoms with Crippen LogP contribution in [0.4, 0.5) is 0 Å². The molecule has 5 rings (SSSR count). The molecule has 0 bridgehead atoms. The topological polar surface area (TPSA) is 274 Å². The SMILES string of the molecule is CC(Cc1ccncc1)CC(C)c1ccncc1.CCC(C1CC[N-]CC1)C1(C)CC12CC[N-]CC2.O.O.O.O.O.O.O.[Cu+2].[Cu].[Mo].[Mo]. The fourth-order valence-corrected chi connectivity index (χ4v) is 7.67. The van der Waals surface area contributed by atoms with E-state index in [1.807, 2.05) is 24.8 Å². The first-order valence-corrected chi connectivity index (χ1v) is 14.5. The summed E-state index contributed by atoms with van der Waals surface area (Å²) in [5.74, 6) is 3.17. The van der Waals surface area contributed by atoms with E-state index in [0.29, 0.717) is 22.7 Å². The van der Waals surface area contributed by atoms with Crippen LogP contribution in [0, 0.1) is 28.6 Å². The summed E-state index contributed by atoms with van der Waals surface area (Å²) in [6.07, 6.45) is 18.1. The summed E-state index contributed by atoms with van der Waals surface area (Å²) in [5.41, 5.74) is 4.08. The van der Waals surface area contributed by atoms with Crippen LogP contribution in [0.1, 0.15) is 89.7 Å². The van der Waals surface area contributed by atoms with Gasteiger partial charge in [0.15, 0.2) is 0 Å². The number of pyridine rings is 2. The molecule has 4 unspecified atom stereocenters. The van der Waals surface area contributed by atoms with Crippen molar-refractivity contribution in [1.82, 2.24) is 9.97 Å². The van der Waals surface area contributed by atoms with Crippen molar-refractivity contribution in [3.8, 4) is 0 Å². The summed E-state index contributed by atoms with van der Waals surface area (Å²) >= 11 is 0. The Bertz CT molecular complexity index is 940. The Hall–Kier alpha value is 0.356. The average molecular weight is 934 g/mol. The second kappa shape index (κ2) is 32.3. The van der Waals surface area contributed by atoms with Crippen LogP contribution in [-0.2, 0) is 82.7 Å². The molecule has 4 heterocycles. The summed E-state index contributed by atoms with van der Waals surface area (Å²) in [6, 6.07) is 8.44. The first-order chi connectivity index (χ1) is 17.5. The zero-order valence-electron chi connectivity index (χ0n) is 28.1. The van der Waals surface area contributed by atoms with E-state index in [4.69, 9.17) is 0 Å². The van der Waals surface area contributed by atoms with E-state index in [1.54, 1.807) is 0 Å². The summed E-state index contributed by atoms with van der Waals surface area (Å²) in [5, 5.41) is 9.10. The van der Waals surface area contributed by atoms with Gasteiger partial charge in [-0.1, -0.05) is 59.8 Å². The Morgan fingerprint density at radius 2 is 1.21 bits per heavy atom. The van der Waals surface area contributed by atoms with Gasteiger partial charge in [-0.2, -0.15) is 0 Å². The van der Waals surface area contributed by atoms with Gasteiger partial charge >= 0.3 is 17.1 Å². The largest absolute Gasteiger partial charge is 2.00 e. The maximum absolute atomic E-state index is 4.56. The molecular formula is C32H62Cu2Mo2N4O7. The molecule has 2 aliphatic heterocycles. The second-order valence-electron chi connectivity index (χ2n) is 12.2. The van der Waals surface area contributed by atoms with Crippen molar-refractivity contribution in [1.29, 1.82) is 0 Å². The number of hydrogen-bond acceptors (Lipinski definition) is 2. The first kappa shape index (κ1) is 65.7. The molecule has 0 amide bonds. The Morgan fingerprint density at radius 1 is 0.766 bits per heavy atom. The minimum Gasteiger partial charge on any atom is -0.662 e. The van der Waals surface area contributed by atoms with Gasteiger partial charge in [0.2, 0.25) is 0 Å². The molecule has 4 atom stereocenters. The fourth-order valence-electron chi connectivity index (χ4n) is 7.67. The molecule has 3 aliphatic rings. The maximum Gasteiger partial charge on any atom is 2.00 e. The smallest absolute Gasteiger partial charge is 0.662 e. The van der Waals surface area contributed by atoms with Crippen LogP contribution in [0.25, 0.3) is 10.6 Å². The predicted octanol–water partition coefficient (Wildman–Crippen LogP) is 2.43. The molecule has 2 radical (unpaired) electrons. The maximum atomic E-state index is 4.56. The molecule has 14 N–H and O–H groups in total. The zero-order valence-corrected chi connectivity index (χ0v) is 34.0. The molecule has 1 spiro atoms. The summed E-state index contributed by atoms with van der Waals surface area (Å²) in [6.45, 7) is 14.1. The zero-order chi connectivity index (χ0) is 25.4. The first-order valence-electron chi connectivity index (χ1n) is 14.5. The molecule has 2 saturated heterocycles. The fraction of sp³-hybridized carbons (Fsp3) is 0.688.